The Labute approximate surface area is 92.9 Å². The second-order valence-corrected chi connectivity index (χ2v) is 4.05. The molecule has 4 nitrogen and oxygen atoms in total. The number of rotatable bonds is 7. The number of carbonyl (C=O) groups excluding carboxylic acids is 1. The second-order valence-electron chi connectivity index (χ2n) is 4.05. The first-order valence-electron chi connectivity index (χ1n) is 5.68. The first-order chi connectivity index (χ1) is 7.02. The van der Waals surface area contributed by atoms with E-state index in [-0.39, 0.29) is 11.9 Å². The molecule has 0 aromatic heterocycles. The van der Waals surface area contributed by atoms with Crippen LogP contribution in [0.15, 0.2) is 0 Å². The Balaban J connectivity index is 3.87. The molecular weight excluding hydrogens is 192 g/mol. The number of nitrogens with one attached hydrogen (secondary N) is 1. The fourth-order valence-corrected chi connectivity index (χ4v) is 1.20. The van der Waals surface area contributed by atoms with Gasteiger partial charge in [0, 0.05) is 13.1 Å². The van der Waals surface area contributed by atoms with E-state index in [2.05, 4.69) is 19.3 Å². The van der Waals surface area contributed by atoms with Crippen molar-refractivity contribution in [2.75, 3.05) is 19.7 Å². The summed E-state index contributed by atoms with van der Waals surface area (Å²) >= 11 is 0. The van der Waals surface area contributed by atoms with Gasteiger partial charge in [0.25, 0.3) is 0 Å². The molecule has 4 heteroatoms. The van der Waals surface area contributed by atoms with E-state index in [4.69, 9.17) is 4.84 Å². The minimum atomic E-state index is -0.274. The van der Waals surface area contributed by atoms with E-state index in [1.807, 2.05) is 20.8 Å². The third-order valence-corrected chi connectivity index (χ3v) is 2.12. The number of hydrogen-bond donors (Lipinski definition) is 1. The third kappa shape index (κ3) is 5.74. The van der Waals surface area contributed by atoms with Gasteiger partial charge in [-0.15, -0.1) is 0 Å². The minimum Gasteiger partial charge on any atom is -0.342 e. The summed E-state index contributed by atoms with van der Waals surface area (Å²) in [6.07, 6.45) is 0. The molecule has 1 N–H and O–H groups in total. The number of likely N-dealkylation sites (N-methyl/N-ethyl adjacent to an activating group) is 1. The first-order valence-corrected chi connectivity index (χ1v) is 5.68. The summed E-state index contributed by atoms with van der Waals surface area (Å²) in [6, 6.07) is -0.274. The normalized spacial score (nSPS) is 12.9. The topological polar surface area (TPSA) is 41.6 Å². The van der Waals surface area contributed by atoms with Crippen LogP contribution in [0.2, 0.25) is 0 Å². The molecular formula is C11H24N2O2. The molecule has 0 radical (unpaired) electrons. The van der Waals surface area contributed by atoms with Crippen molar-refractivity contribution in [3.05, 3.63) is 0 Å². The zero-order valence-corrected chi connectivity index (χ0v) is 10.5. The molecule has 0 aliphatic rings. The molecule has 0 rings (SSSR count). The Morgan fingerprint density at radius 1 is 1.27 bits per heavy atom. The number of nitrogens with zero attached hydrogens (tertiary/aromatic N) is 1. The van der Waals surface area contributed by atoms with Gasteiger partial charge in [-0.05, 0) is 26.7 Å². The average Bonchev–Trinajstić information content (AvgIpc) is 2.18. The van der Waals surface area contributed by atoms with Crippen LogP contribution in [0.3, 0.4) is 0 Å². The number of hydrogen-bond acceptors (Lipinski definition) is 3. The van der Waals surface area contributed by atoms with Gasteiger partial charge >= 0.3 is 0 Å². The minimum absolute atomic E-state index is 0.0868. The van der Waals surface area contributed by atoms with Gasteiger partial charge in [-0.25, -0.2) is 0 Å². The summed E-state index contributed by atoms with van der Waals surface area (Å²) in [5.41, 5.74) is 2.77. The quantitative estimate of drug-likeness (QED) is 0.654. The largest absolute Gasteiger partial charge is 0.342 e. The fourth-order valence-electron chi connectivity index (χ4n) is 1.20. The van der Waals surface area contributed by atoms with E-state index in [9.17, 15) is 4.79 Å². The van der Waals surface area contributed by atoms with Crippen LogP contribution in [0.4, 0.5) is 0 Å². The van der Waals surface area contributed by atoms with E-state index in [1.54, 1.807) is 4.90 Å². The summed E-state index contributed by atoms with van der Waals surface area (Å²) < 4.78 is 0. The lowest BCUT2D eigenvalue weighted by Gasteiger charge is -2.23. The van der Waals surface area contributed by atoms with Gasteiger partial charge in [0.2, 0.25) is 5.91 Å². The Morgan fingerprint density at radius 3 is 2.20 bits per heavy atom. The van der Waals surface area contributed by atoms with Crippen LogP contribution in [-0.4, -0.2) is 36.5 Å². The van der Waals surface area contributed by atoms with Crippen LogP contribution in [0.1, 0.15) is 34.6 Å². The molecule has 0 aliphatic heterocycles. The van der Waals surface area contributed by atoms with Gasteiger partial charge < -0.3 is 9.74 Å². The smallest absolute Gasteiger partial charge is 0.241 e. The molecule has 0 spiro atoms. The maximum absolute atomic E-state index is 11.8. The highest BCUT2D eigenvalue weighted by Gasteiger charge is 2.17. The van der Waals surface area contributed by atoms with E-state index >= 15 is 0 Å². The zero-order chi connectivity index (χ0) is 11.8. The van der Waals surface area contributed by atoms with Crippen molar-refractivity contribution in [1.29, 1.82) is 0 Å². The SMILES string of the molecule is CCN(CC)C(=O)C(C)NOCC(C)C. The van der Waals surface area contributed by atoms with Crippen LogP contribution < -0.4 is 5.48 Å². The molecule has 0 aromatic rings. The fraction of sp³-hybridized carbons (Fsp3) is 0.909. The Hall–Kier alpha value is -0.610. The van der Waals surface area contributed by atoms with Crippen molar-refractivity contribution in [3.8, 4) is 0 Å². The van der Waals surface area contributed by atoms with E-state index < -0.39 is 0 Å². The Bertz CT molecular complexity index is 179. The zero-order valence-electron chi connectivity index (χ0n) is 10.5. The molecule has 90 valence electrons. The predicted molar refractivity (Wildman–Crippen MR) is 61.3 cm³/mol. The first kappa shape index (κ1) is 14.4. The molecule has 0 fully saturated rings. The standard InChI is InChI=1S/C11H24N2O2/c1-6-13(7-2)11(14)10(5)12-15-8-9(3)4/h9-10,12H,6-8H2,1-5H3. The molecule has 15 heavy (non-hydrogen) atoms. The molecule has 0 aromatic carbocycles. The van der Waals surface area contributed by atoms with Crippen molar-refractivity contribution >= 4 is 5.91 Å². The van der Waals surface area contributed by atoms with Gasteiger partial charge in [-0.2, -0.15) is 5.48 Å². The monoisotopic (exact) mass is 216 g/mol. The van der Waals surface area contributed by atoms with Crippen molar-refractivity contribution < 1.29 is 9.63 Å². The highest BCUT2D eigenvalue weighted by Crippen LogP contribution is 1.96. The summed E-state index contributed by atoms with van der Waals surface area (Å²) in [6.45, 7) is 12.0. The molecule has 0 bridgehead atoms. The van der Waals surface area contributed by atoms with Crippen molar-refractivity contribution in [2.24, 2.45) is 5.92 Å². The maximum atomic E-state index is 11.8. The van der Waals surface area contributed by atoms with E-state index in [1.165, 1.54) is 0 Å². The van der Waals surface area contributed by atoms with Crippen molar-refractivity contribution in [2.45, 2.75) is 40.7 Å². The lowest BCUT2D eigenvalue weighted by Crippen LogP contribution is -2.45. The molecule has 0 aliphatic carbocycles. The van der Waals surface area contributed by atoms with Gasteiger partial charge in [-0.1, -0.05) is 13.8 Å². The summed E-state index contributed by atoms with van der Waals surface area (Å²) in [7, 11) is 0. The van der Waals surface area contributed by atoms with Crippen LogP contribution in [0, 0.1) is 5.92 Å². The average molecular weight is 216 g/mol. The Kier molecular flexibility index (Phi) is 7.34. The summed E-state index contributed by atoms with van der Waals surface area (Å²) in [4.78, 5) is 18.8. The summed E-state index contributed by atoms with van der Waals surface area (Å²) in [5, 5.41) is 0. The van der Waals surface area contributed by atoms with E-state index in [0.29, 0.717) is 12.5 Å². The van der Waals surface area contributed by atoms with Crippen LogP contribution in [-0.2, 0) is 9.63 Å². The van der Waals surface area contributed by atoms with E-state index in [0.717, 1.165) is 13.1 Å². The molecule has 0 saturated carbocycles. The lowest BCUT2D eigenvalue weighted by atomic mass is 10.2. The van der Waals surface area contributed by atoms with Gasteiger partial charge in [0.05, 0.1) is 6.61 Å². The van der Waals surface area contributed by atoms with Gasteiger partial charge in [0.15, 0.2) is 0 Å². The van der Waals surface area contributed by atoms with Gasteiger partial charge in [0.1, 0.15) is 6.04 Å². The van der Waals surface area contributed by atoms with Crippen molar-refractivity contribution in [3.63, 3.8) is 0 Å². The number of carbonyl (C=O) groups is 1. The predicted octanol–water partition coefficient (Wildman–Crippen LogP) is 1.42. The third-order valence-electron chi connectivity index (χ3n) is 2.12. The number of amides is 1. The second kappa shape index (κ2) is 7.65. The molecule has 0 heterocycles. The molecule has 1 unspecified atom stereocenters. The van der Waals surface area contributed by atoms with Crippen LogP contribution in [0.5, 0.6) is 0 Å². The Morgan fingerprint density at radius 2 is 1.80 bits per heavy atom. The summed E-state index contributed by atoms with van der Waals surface area (Å²) in [5.74, 6) is 0.553. The lowest BCUT2D eigenvalue weighted by molar-refractivity contribution is -0.137. The highest BCUT2D eigenvalue weighted by atomic mass is 16.6. The highest BCUT2D eigenvalue weighted by molar-refractivity contribution is 5.81. The molecule has 1 amide bonds. The molecule has 1 atom stereocenters. The molecule has 0 saturated heterocycles. The number of hydroxylamine groups is 1. The van der Waals surface area contributed by atoms with Gasteiger partial charge in [-0.3, -0.25) is 4.79 Å². The van der Waals surface area contributed by atoms with Crippen molar-refractivity contribution in [1.82, 2.24) is 10.4 Å². The maximum Gasteiger partial charge on any atom is 0.241 e. The van der Waals surface area contributed by atoms with Crippen LogP contribution in [0.25, 0.3) is 0 Å². The van der Waals surface area contributed by atoms with Crippen LogP contribution >= 0.6 is 0 Å².